The Bertz CT molecular complexity index is 1210. The van der Waals surface area contributed by atoms with E-state index in [4.69, 9.17) is 14.2 Å². The molecule has 0 radical (unpaired) electrons. The van der Waals surface area contributed by atoms with Crippen LogP contribution in [0.2, 0.25) is 0 Å². The van der Waals surface area contributed by atoms with Crippen molar-refractivity contribution in [2.45, 2.75) is 20.5 Å². The first kappa shape index (κ1) is 29.0. The van der Waals surface area contributed by atoms with Crippen molar-refractivity contribution < 1.29 is 31.8 Å². The van der Waals surface area contributed by atoms with Crippen LogP contribution in [0.4, 0.5) is 4.39 Å². The van der Waals surface area contributed by atoms with E-state index in [1.165, 1.54) is 37.3 Å². The molecule has 194 valence electrons. The highest BCUT2D eigenvalue weighted by Crippen LogP contribution is 2.20. The van der Waals surface area contributed by atoms with Crippen LogP contribution in [0.15, 0.2) is 79.2 Å². The van der Waals surface area contributed by atoms with E-state index in [1.807, 2.05) is 6.07 Å². The van der Waals surface area contributed by atoms with E-state index in [0.29, 0.717) is 35.9 Å². The van der Waals surface area contributed by atoms with Crippen LogP contribution in [0.3, 0.4) is 0 Å². The number of carbonyl (C=O) groups is 1. The van der Waals surface area contributed by atoms with Crippen molar-refractivity contribution in [3.05, 3.63) is 102 Å². The van der Waals surface area contributed by atoms with Gasteiger partial charge in [0.05, 0.1) is 39.2 Å². The SMILES string of the molecule is C=C(O/C(C)=C/C(=C)N(CCOCCOCc1cccc(C(C)=O)c1)S(C)(=O)=O)c1ccc(F)cc1. The van der Waals surface area contributed by atoms with Gasteiger partial charge in [-0.15, -0.1) is 0 Å². The molecule has 0 aliphatic heterocycles. The van der Waals surface area contributed by atoms with E-state index < -0.39 is 10.0 Å². The van der Waals surface area contributed by atoms with Crippen LogP contribution >= 0.6 is 0 Å². The molecule has 0 N–H and O–H groups in total. The molecule has 0 spiro atoms. The van der Waals surface area contributed by atoms with Crippen LogP contribution in [0, 0.1) is 5.82 Å². The van der Waals surface area contributed by atoms with E-state index in [2.05, 4.69) is 13.2 Å². The van der Waals surface area contributed by atoms with Crippen LogP contribution in [-0.4, -0.2) is 51.1 Å². The topological polar surface area (TPSA) is 82.1 Å². The zero-order chi connectivity index (χ0) is 26.7. The highest BCUT2D eigenvalue weighted by molar-refractivity contribution is 7.88. The number of nitrogens with zero attached hydrogens (tertiary/aromatic N) is 1. The summed E-state index contributed by atoms with van der Waals surface area (Å²) in [5.41, 5.74) is 2.31. The van der Waals surface area contributed by atoms with Gasteiger partial charge in [-0.2, -0.15) is 0 Å². The van der Waals surface area contributed by atoms with Gasteiger partial charge in [0.25, 0.3) is 0 Å². The van der Waals surface area contributed by atoms with Gasteiger partial charge in [0.1, 0.15) is 17.3 Å². The minimum Gasteiger partial charge on any atom is -0.462 e. The second-order valence-electron chi connectivity index (χ2n) is 8.04. The number of halogens is 1. The fourth-order valence-electron chi connectivity index (χ4n) is 3.19. The predicted molar refractivity (Wildman–Crippen MR) is 138 cm³/mol. The molecule has 0 atom stereocenters. The molecule has 7 nitrogen and oxygen atoms in total. The maximum absolute atomic E-state index is 13.1. The Morgan fingerprint density at radius 1 is 1.00 bits per heavy atom. The summed E-state index contributed by atoms with van der Waals surface area (Å²) in [6.07, 6.45) is 2.56. The van der Waals surface area contributed by atoms with Gasteiger partial charge in [-0.1, -0.05) is 31.4 Å². The summed E-state index contributed by atoms with van der Waals surface area (Å²) >= 11 is 0. The van der Waals surface area contributed by atoms with E-state index in [1.54, 1.807) is 25.1 Å². The minimum absolute atomic E-state index is 0.00776. The quantitative estimate of drug-likeness (QED) is 0.144. The van der Waals surface area contributed by atoms with Crippen molar-refractivity contribution in [1.82, 2.24) is 4.31 Å². The van der Waals surface area contributed by atoms with Crippen LogP contribution in [0.25, 0.3) is 5.76 Å². The molecule has 0 unspecified atom stereocenters. The highest BCUT2D eigenvalue weighted by atomic mass is 32.2. The first-order valence-electron chi connectivity index (χ1n) is 11.2. The molecule has 9 heteroatoms. The summed E-state index contributed by atoms with van der Waals surface area (Å²) in [6, 6.07) is 12.9. The highest BCUT2D eigenvalue weighted by Gasteiger charge is 2.17. The molecule has 2 aromatic carbocycles. The number of Topliss-reactive ketones (excluding diaryl/α,β-unsaturated/α-hetero) is 1. The lowest BCUT2D eigenvalue weighted by molar-refractivity contribution is 0.0390. The van der Waals surface area contributed by atoms with Crippen LogP contribution < -0.4 is 0 Å². The minimum atomic E-state index is -3.61. The molecule has 0 saturated heterocycles. The molecule has 2 aromatic rings. The standard InChI is InChI=1S/C27H32FNO6S/c1-20(17-21(2)35-23(4)25-9-11-27(28)12-10-25)29(36(5,31)32)13-14-33-15-16-34-19-24-7-6-8-26(18-24)22(3)30/h6-12,17-18H,1,4,13-16,19H2,2-3,5H3/b21-17+. The number of ketones is 1. The number of rotatable bonds is 15. The molecule has 0 bridgehead atoms. The predicted octanol–water partition coefficient (Wildman–Crippen LogP) is 4.93. The molecule has 0 aliphatic carbocycles. The first-order valence-corrected chi connectivity index (χ1v) is 13.0. The van der Waals surface area contributed by atoms with Gasteiger partial charge < -0.3 is 14.2 Å². The van der Waals surface area contributed by atoms with Crippen LogP contribution in [0.1, 0.15) is 35.3 Å². The lowest BCUT2D eigenvalue weighted by Gasteiger charge is -2.23. The largest absolute Gasteiger partial charge is 0.462 e. The summed E-state index contributed by atoms with van der Waals surface area (Å²) < 4.78 is 55.5. The second-order valence-corrected chi connectivity index (χ2v) is 9.94. The molecular weight excluding hydrogens is 485 g/mol. The molecule has 0 aromatic heterocycles. The van der Waals surface area contributed by atoms with Crippen molar-refractivity contribution in [3.8, 4) is 0 Å². The summed E-state index contributed by atoms with van der Waals surface area (Å²) in [5.74, 6) is 0.278. The smallest absolute Gasteiger partial charge is 0.232 e. The van der Waals surface area contributed by atoms with E-state index in [0.717, 1.165) is 16.1 Å². The van der Waals surface area contributed by atoms with Crippen molar-refractivity contribution in [3.63, 3.8) is 0 Å². The average Bonchev–Trinajstić information content (AvgIpc) is 2.80. The second kappa shape index (κ2) is 13.7. The fourth-order valence-corrected chi connectivity index (χ4v) is 4.07. The van der Waals surface area contributed by atoms with Crippen molar-refractivity contribution in [2.75, 3.05) is 32.6 Å². The third kappa shape index (κ3) is 9.77. The maximum atomic E-state index is 13.1. The van der Waals surface area contributed by atoms with Gasteiger partial charge in [0.15, 0.2) is 5.78 Å². The van der Waals surface area contributed by atoms with E-state index >= 15 is 0 Å². The Morgan fingerprint density at radius 3 is 2.31 bits per heavy atom. The lowest BCUT2D eigenvalue weighted by Crippen LogP contribution is -2.32. The summed E-state index contributed by atoms with van der Waals surface area (Å²) in [7, 11) is -3.61. The third-order valence-corrected chi connectivity index (χ3v) is 6.17. The Labute approximate surface area is 212 Å². The number of hydrogen-bond donors (Lipinski definition) is 0. The zero-order valence-electron chi connectivity index (χ0n) is 20.8. The third-order valence-electron chi connectivity index (χ3n) is 4.95. The van der Waals surface area contributed by atoms with Gasteiger partial charge in [0, 0.05) is 16.8 Å². The molecule has 2 rings (SSSR count). The molecule has 0 amide bonds. The average molecular weight is 518 g/mol. The Morgan fingerprint density at radius 2 is 1.67 bits per heavy atom. The van der Waals surface area contributed by atoms with Gasteiger partial charge in [-0.25, -0.2) is 12.8 Å². The zero-order valence-corrected chi connectivity index (χ0v) is 21.6. The fraction of sp³-hybridized carbons (Fsp3) is 0.296. The van der Waals surface area contributed by atoms with E-state index in [-0.39, 0.29) is 37.1 Å². The summed E-state index contributed by atoms with van der Waals surface area (Å²) in [6.45, 7) is 11.9. The van der Waals surface area contributed by atoms with Crippen molar-refractivity contribution >= 4 is 21.6 Å². The number of hydrogen-bond acceptors (Lipinski definition) is 6. The number of allylic oxidation sites excluding steroid dienone is 2. The number of carbonyl (C=O) groups excluding carboxylic acids is 1. The van der Waals surface area contributed by atoms with Gasteiger partial charge in [-0.3, -0.25) is 9.10 Å². The van der Waals surface area contributed by atoms with Crippen LogP contribution in [-0.2, 0) is 30.8 Å². The van der Waals surface area contributed by atoms with Gasteiger partial charge in [-0.05, 0) is 55.8 Å². The summed E-state index contributed by atoms with van der Waals surface area (Å²) in [5, 5.41) is 0. The first-order chi connectivity index (χ1) is 17.0. The molecular formula is C27H32FNO6S. The normalized spacial score (nSPS) is 11.7. The van der Waals surface area contributed by atoms with Gasteiger partial charge >= 0.3 is 0 Å². The lowest BCUT2D eigenvalue weighted by atomic mass is 10.1. The van der Waals surface area contributed by atoms with Crippen LogP contribution in [0.5, 0.6) is 0 Å². The van der Waals surface area contributed by atoms with Gasteiger partial charge in [0.2, 0.25) is 10.0 Å². The monoisotopic (exact) mass is 517 g/mol. The van der Waals surface area contributed by atoms with Crippen molar-refractivity contribution in [1.29, 1.82) is 0 Å². The molecule has 36 heavy (non-hydrogen) atoms. The van der Waals surface area contributed by atoms with Crippen molar-refractivity contribution in [2.24, 2.45) is 0 Å². The Hall–Kier alpha value is -3.27. The molecule has 0 aliphatic rings. The maximum Gasteiger partial charge on any atom is 0.232 e. The summed E-state index contributed by atoms with van der Waals surface area (Å²) in [4.78, 5) is 11.5. The molecule has 0 saturated carbocycles. The van der Waals surface area contributed by atoms with E-state index in [9.17, 15) is 17.6 Å². The number of sulfonamides is 1. The molecule has 0 heterocycles. The number of ether oxygens (including phenoxy) is 3. The molecule has 0 fully saturated rings. The number of benzene rings is 2. The Kier molecular flexibility index (Phi) is 11.0. The Balaban J connectivity index is 1.80.